The zero-order valence-electron chi connectivity index (χ0n) is 17.1. The molecule has 0 amide bonds. The van der Waals surface area contributed by atoms with Crippen molar-refractivity contribution in [2.75, 3.05) is 0 Å². The van der Waals surface area contributed by atoms with E-state index in [1.165, 1.54) is 27.7 Å². The van der Waals surface area contributed by atoms with Gasteiger partial charge in [-0.15, -0.1) is 11.5 Å². The molecule has 0 heterocycles. The second-order valence-corrected chi connectivity index (χ2v) is 19.5. The number of rotatable bonds is 6. The van der Waals surface area contributed by atoms with E-state index in [9.17, 15) is 19.8 Å². The zero-order valence-corrected chi connectivity index (χ0v) is 21.6. The third kappa shape index (κ3) is 45.3. The second-order valence-electron chi connectivity index (χ2n) is 7.24. The third-order valence-electron chi connectivity index (χ3n) is 1.51. The Hall–Kier alpha value is -0.343. The molecule has 0 bridgehead atoms. The van der Waals surface area contributed by atoms with Gasteiger partial charge in [-0.25, -0.2) is 0 Å². The Morgan fingerprint density at radius 3 is 1.04 bits per heavy atom. The molecule has 0 aromatic carbocycles. The van der Waals surface area contributed by atoms with Gasteiger partial charge in [0.15, 0.2) is 11.6 Å². The zero-order chi connectivity index (χ0) is 20.8. The van der Waals surface area contributed by atoms with Gasteiger partial charge in [-0.3, -0.25) is 9.59 Å². The molecule has 0 saturated carbocycles. The Morgan fingerprint density at radius 2 is 0.960 bits per heavy atom. The van der Waals surface area contributed by atoms with Crippen molar-refractivity contribution in [2.45, 2.75) is 67.0 Å². The number of ketones is 2. The Morgan fingerprint density at radius 1 is 0.720 bits per heavy atom. The van der Waals surface area contributed by atoms with Crippen LogP contribution in [0.5, 0.6) is 0 Å². The van der Waals surface area contributed by atoms with Crippen LogP contribution in [0.1, 0.15) is 27.7 Å². The minimum absolute atomic E-state index is 0.187. The average molecular weight is 468 g/mol. The maximum atomic E-state index is 9.98. The Bertz CT molecular complexity index is 412. The van der Waals surface area contributed by atoms with Gasteiger partial charge >= 0.3 is 85.0 Å². The number of hydrogen-bond acceptors (Lipinski definition) is 6. The molecule has 0 spiro atoms. The Kier molecular flexibility index (Phi) is 17.4. The van der Waals surface area contributed by atoms with Crippen LogP contribution in [0.3, 0.4) is 0 Å². The number of allylic oxidation sites excluding steroid dienone is 4. The van der Waals surface area contributed by atoms with Crippen molar-refractivity contribution >= 4 is 28.2 Å². The van der Waals surface area contributed by atoms with Gasteiger partial charge in [-0.1, -0.05) is 13.8 Å². The van der Waals surface area contributed by atoms with Crippen LogP contribution in [-0.2, 0) is 38.7 Å². The first-order valence-electron chi connectivity index (χ1n) is 7.79. The summed E-state index contributed by atoms with van der Waals surface area (Å²) in [5, 5.41) is 20.0. The fourth-order valence-electron chi connectivity index (χ4n) is 0.843. The predicted molar refractivity (Wildman–Crippen MR) is 97.7 cm³/mol. The van der Waals surface area contributed by atoms with E-state index in [4.69, 9.17) is 5.00 Å². The van der Waals surface area contributed by atoms with Gasteiger partial charge in [0, 0.05) is 0 Å². The van der Waals surface area contributed by atoms with Crippen molar-refractivity contribution in [2.24, 2.45) is 0 Å². The van der Waals surface area contributed by atoms with Gasteiger partial charge in [0.2, 0.25) is 0 Å². The van der Waals surface area contributed by atoms with Crippen LogP contribution in [-0.4, -0.2) is 28.2 Å². The average Bonchev–Trinajstić information content (AvgIpc) is 2.21. The van der Waals surface area contributed by atoms with Crippen LogP contribution in [0.4, 0.5) is 0 Å². The van der Waals surface area contributed by atoms with Gasteiger partial charge in [0.05, 0.1) is 0 Å². The summed E-state index contributed by atoms with van der Waals surface area (Å²) in [6, 6.07) is 0. The van der Waals surface area contributed by atoms with Gasteiger partial charge in [0.25, 0.3) is 0 Å². The summed E-state index contributed by atoms with van der Waals surface area (Å²) in [5.74, 6) is -0.750. The van der Waals surface area contributed by atoms with Crippen LogP contribution >= 0.6 is 0 Å². The number of hydrogen-bond donors (Lipinski definition) is 0. The molecule has 0 aromatic heterocycles. The molecule has 0 fully saturated rings. The molecule has 0 aliphatic carbocycles. The van der Waals surface area contributed by atoms with Crippen LogP contribution in [0.2, 0.25) is 39.3 Å². The summed E-state index contributed by atoms with van der Waals surface area (Å²) in [5.41, 5.74) is 0. The van der Waals surface area contributed by atoms with Crippen molar-refractivity contribution in [3.63, 3.8) is 0 Å². The fraction of sp³-hybridized carbons (Fsp3) is 0.625. The van der Waals surface area contributed by atoms with Crippen molar-refractivity contribution in [3.05, 3.63) is 23.7 Å². The van der Waals surface area contributed by atoms with Gasteiger partial charge < -0.3 is 10.2 Å². The number of carbonyl (C=O) groups excluding carboxylic acids is 2. The van der Waals surface area contributed by atoms with E-state index in [0.717, 1.165) is 12.2 Å². The first-order valence-corrected chi connectivity index (χ1v) is 16.6. The van der Waals surface area contributed by atoms with E-state index < -0.39 is 40.8 Å². The van der Waals surface area contributed by atoms with Gasteiger partial charge in [0.1, 0.15) is 0 Å². The molecule has 0 unspecified atom stereocenters. The van der Waals surface area contributed by atoms with E-state index in [1.807, 2.05) is 0 Å². The predicted octanol–water partition coefficient (Wildman–Crippen LogP) is 2.28. The topological polar surface area (TPSA) is 98.7 Å². The Balaban J connectivity index is -0.000000304. The van der Waals surface area contributed by atoms with Crippen LogP contribution in [0.25, 0.3) is 0 Å². The molecule has 0 atom stereocenters. The molecule has 0 aromatic rings. The molecular formula is C16H32O6Si2Zr. The normalized spacial score (nSPS) is 12.1. The maximum absolute atomic E-state index is 9.98. The summed E-state index contributed by atoms with van der Waals surface area (Å²) in [6.07, 6.45) is 2.11. The molecule has 0 rings (SSSR count). The standard InChI is InChI=1S/2C5H8O2.2C3H9OSi.Zr/c2*1-4(6)3-5(2)7;2*1-5(2,3)4;/h2*3,6H,1-2H3;2*1-3H3;/q;;2*-1;+4/p-2/b2*4-3-;;;. The van der Waals surface area contributed by atoms with E-state index in [2.05, 4.69) is 39.3 Å². The third-order valence-corrected chi connectivity index (χ3v) is 13.2. The number of carbonyl (C=O) groups is 2. The summed E-state index contributed by atoms with van der Waals surface area (Å²) in [6.45, 7) is 18.7. The van der Waals surface area contributed by atoms with E-state index >= 15 is 0 Å². The molecule has 6 nitrogen and oxygen atoms in total. The molecule has 0 N–H and O–H groups in total. The molecule has 25 heavy (non-hydrogen) atoms. The first kappa shape index (κ1) is 29.4. The van der Waals surface area contributed by atoms with E-state index in [1.54, 1.807) is 0 Å². The van der Waals surface area contributed by atoms with Crippen LogP contribution < -0.4 is 10.2 Å². The Labute approximate surface area is 167 Å². The monoisotopic (exact) mass is 466 g/mol. The van der Waals surface area contributed by atoms with Gasteiger partial charge in [-0.2, -0.15) is 0 Å². The van der Waals surface area contributed by atoms with Crippen molar-refractivity contribution < 1.29 is 48.9 Å². The molecule has 0 aliphatic heterocycles. The van der Waals surface area contributed by atoms with Gasteiger partial charge in [-0.05, 0) is 26.0 Å². The van der Waals surface area contributed by atoms with Crippen LogP contribution in [0.15, 0.2) is 23.7 Å². The minimum atomic E-state index is -1.28. The van der Waals surface area contributed by atoms with Crippen molar-refractivity contribution in [1.82, 2.24) is 0 Å². The molecule has 144 valence electrons. The molecule has 0 aliphatic rings. The summed E-state index contributed by atoms with van der Waals surface area (Å²) in [7, 11) is -2.57. The van der Waals surface area contributed by atoms with E-state index in [-0.39, 0.29) is 23.1 Å². The molecular weight excluding hydrogens is 436 g/mol. The second kappa shape index (κ2) is 14.8. The quantitative estimate of drug-likeness (QED) is 0.337. The summed E-state index contributed by atoms with van der Waals surface area (Å²) in [4.78, 5) is 20.0. The molecule has 0 saturated heterocycles. The van der Waals surface area contributed by atoms with E-state index in [0.29, 0.717) is 0 Å². The summed E-state index contributed by atoms with van der Waals surface area (Å²) >= 11 is -0.935. The van der Waals surface area contributed by atoms with Crippen molar-refractivity contribution in [1.29, 1.82) is 0 Å². The van der Waals surface area contributed by atoms with Crippen molar-refractivity contribution in [3.8, 4) is 0 Å². The molecule has 9 heteroatoms. The first-order chi connectivity index (χ1) is 11.0. The SMILES string of the molecule is CC(=O)/C=C(/C)[O-].CC(=O)/C=C(/C)[O-].C[Si](C)(C)[O][Zr+2][O][Si](C)(C)C. The van der Waals surface area contributed by atoms with Crippen LogP contribution in [0, 0.1) is 0 Å². The summed E-state index contributed by atoms with van der Waals surface area (Å²) < 4.78 is 11.5. The molecule has 0 radical (unpaired) electrons. The fourth-order valence-corrected chi connectivity index (χ4v) is 6.12.